The number of amides is 1. The number of primary amides is 1. The van der Waals surface area contributed by atoms with Crippen LogP contribution in [0.4, 0.5) is 10.9 Å². The van der Waals surface area contributed by atoms with Gasteiger partial charge >= 0.3 is 0 Å². The van der Waals surface area contributed by atoms with Gasteiger partial charge in [-0.05, 0) is 38.1 Å². The first kappa shape index (κ1) is 16.1. The SMILES string of the molecule is CC(C)N(c1cc(C(N)=O)ccn1)c1nc(-c2ccccn2)cs1. The molecule has 0 atom stereocenters. The van der Waals surface area contributed by atoms with Gasteiger partial charge in [-0.2, -0.15) is 0 Å². The third kappa shape index (κ3) is 3.26. The van der Waals surface area contributed by atoms with E-state index in [1.54, 1.807) is 24.5 Å². The minimum absolute atomic E-state index is 0.114. The zero-order chi connectivity index (χ0) is 17.1. The number of anilines is 2. The number of carbonyl (C=O) groups excluding carboxylic acids is 1. The summed E-state index contributed by atoms with van der Waals surface area (Å²) in [4.78, 5) is 26.8. The van der Waals surface area contributed by atoms with Gasteiger partial charge in [-0.1, -0.05) is 6.07 Å². The summed E-state index contributed by atoms with van der Waals surface area (Å²) < 4.78 is 0. The van der Waals surface area contributed by atoms with Crippen molar-refractivity contribution < 1.29 is 4.79 Å². The molecule has 1 amide bonds. The van der Waals surface area contributed by atoms with Gasteiger partial charge in [0.05, 0.1) is 5.69 Å². The van der Waals surface area contributed by atoms with Crippen LogP contribution in [0.5, 0.6) is 0 Å². The van der Waals surface area contributed by atoms with Crippen LogP contribution in [-0.2, 0) is 0 Å². The molecule has 0 saturated heterocycles. The summed E-state index contributed by atoms with van der Waals surface area (Å²) in [5, 5.41) is 2.75. The van der Waals surface area contributed by atoms with E-state index in [0.29, 0.717) is 11.4 Å². The monoisotopic (exact) mass is 339 g/mol. The third-order valence-electron chi connectivity index (χ3n) is 3.42. The number of rotatable bonds is 5. The van der Waals surface area contributed by atoms with E-state index < -0.39 is 5.91 Å². The quantitative estimate of drug-likeness (QED) is 0.771. The molecule has 0 spiro atoms. The molecule has 2 N–H and O–H groups in total. The molecule has 0 saturated carbocycles. The van der Waals surface area contributed by atoms with Gasteiger partial charge in [0.15, 0.2) is 5.13 Å². The van der Waals surface area contributed by atoms with Gasteiger partial charge in [0.2, 0.25) is 5.91 Å². The van der Waals surface area contributed by atoms with Crippen molar-refractivity contribution in [2.45, 2.75) is 19.9 Å². The van der Waals surface area contributed by atoms with E-state index in [0.717, 1.165) is 16.5 Å². The second kappa shape index (κ2) is 6.76. The van der Waals surface area contributed by atoms with Crippen LogP contribution >= 0.6 is 11.3 Å². The summed E-state index contributed by atoms with van der Waals surface area (Å²) >= 11 is 1.51. The van der Waals surface area contributed by atoms with Crippen molar-refractivity contribution in [2.75, 3.05) is 4.90 Å². The number of thiazole rings is 1. The van der Waals surface area contributed by atoms with Crippen molar-refractivity contribution in [1.82, 2.24) is 15.0 Å². The Labute approximate surface area is 144 Å². The molecule has 0 aliphatic rings. The number of carbonyl (C=O) groups is 1. The summed E-state index contributed by atoms with van der Waals surface area (Å²) in [7, 11) is 0. The summed E-state index contributed by atoms with van der Waals surface area (Å²) in [5.74, 6) is 0.166. The fraction of sp³-hybridized carbons (Fsp3) is 0.176. The van der Waals surface area contributed by atoms with Crippen molar-refractivity contribution in [1.29, 1.82) is 0 Å². The second-order valence-corrected chi connectivity index (χ2v) is 6.30. The van der Waals surface area contributed by atoms with Crippen molar-refractivity contribution in [3.05, 3.63) is 53.7 Å². The average molecular weight is 339 g/mol. The smallest absolute Gasteiger partial charge is 0.248 e. The topological polar surface area (TPSA) is 85.0 Å². The highest BCUT2D eigenvalue weighted by molar-refractivity contribution is 7.14. The van der Waals surface area contributed by atoms with Crippen LogP contribution in [0.3, 0.4) is 0 Å². The number of hydrogen-bond acceptors (Lipinski definition) is 6. The number of aromatic nitrogens is 3. The van der Waals surface area contributed by atoms with Crippen LogP contribution in [0.1, 0.15) is 24.2 Å². The lowest BCUT2D eigenvalue weighted by Crippen LogP contribution is -2.26. The molecule has 0 aromatic carbocycles. The van der Waals surface area contributed by atoms with E-state index in [9.17, 15) is 4.79 Å². The lowest BCUT2D eigenvalue weighted by Gasteiger charge is -2.25. The molecule has 0 radical (unpaired) electrons. The molecule has 0 bridgehead atoms. The maximum Gasteiger partial charge on any atom is 0.248 e. The minimum Gasteiger partial charge on any atom is -0.366 e. The molecule has 7 heteroatoms. The maximum atomic E-state index is 11.4. The predicted octanol–water partition coefficient (Wildman–Crippen LogP) is 3.25. The van der Waals surface area contributed by atoms with Crippen molar-refractivity contribution in [3.8, 4) is 11.4 Å². The van der Waals surface area contributed by atoms with Crippen molar-refractivity contribution in [2.24, 2.45) is 5.73 Å². The molecule has 3 aromatic heterocycles. The van der Waals surface area contributed by atoms with Crippen molar-refractivity contribution in [3.63, 3.8) is 0 Å². The van der Waals surface area contributed by atoms with Gasteiger partial charge in [-0.3, -0.25) is 14.7 Å². The van der Waals surface area contributed by atoms with Gasteiger partial charge in [0, 0.05) is 29.4 Å². The first-order chi connectivity index (χ1) is 11.6. The second-order valence-electron chi connectivity index (χ2n) is 5.46. The highest BCUT2D eigenvalue weighted by Gasteiger charge is 2.19. The molecule has 24 heavy (non-hydrogen) atoms. The van der Waals surface area contributed by atoms with E-state index in [2.05, 4.69) is 15.0 Å². The molecule has 122 valence electrons. The molecule has 6 nitrogen and oxygen atoms in total. The van der Waals surface area contributed by atoms with Gasteiger partial charge in [-0.25, -0.2) is 9.97 Å². The molecule has 0 unspecified atom stereocenters. The zero-order valence-corrected chi connectivity index (χ0v) is 14.2. The predicted molar refractivity (Wildman–Crippen MR) is 95.4 cm³/mol. The minimum atomic E-state index is -0.476. The molecule has 0 aliphatic carbocycles. The Morgan fingerprint density at radius 1 is 1.17 bits per heavy atom. The lowest BCUT2D eigenvalue weighted by atomic mass is 10.2. The summed E-state index contributed by atoms with van der Waals surface area (Å²) in [6.45, 7) is 4.08. The molecular formula is C17H17N5OS. The fourth-order valence-electron chi connectivity index (χ4n) is 2.29. The molecule has 3 heterocycles. The van der Waals surface area contributed by atoms with Gasteiger partial charge < -0.3 is 5.73 Å². The van der Waals surface area contributed by atoms with Crippen LogP contribution in [0.25, 0.3) is 11.4 Å². The van der Waals surface area contributed by atoms with E-state index in [4.69, 9.17) is 5.73 Å². The Morgan fingerprint density at radius 2 is 2.00 bits per heavy atom. The first-order valence-corrected chi connectivity index (χ1v) is 8.36. The first-order valence-electron chi connectivity index (χ1n) is 7.48. The number of hydrogen-bond donors (Lipinski definition) is 1. The highest BCUT2D eigenvalue weighted by Crippen LogP contribution is 2.32. The van der Waals surface area contributed by atoms with Gasteiger partial charge in [0.25, 0.3) is 0 Å². The average Bonchev–Trinajstić information content (AvgIpc) is 3.05. The number of nitrogens with zero attached hydrogens (tertiary/aromatic N) is 4. The van der Waals surface area contributed by atoms with E-state index >= 15 is 0 Å². The summed E-state index contributed by atoms with van der Waals surface area (Å²) in [6, 6.07) is 9.12. The molecular weight excluding hydrogens is 322 g/mol. The normalized spacial score (nSPS) is 10.8. The lowest BCUT2D eigenvalue weighted by molar-refractivity contribution is 0.1000. The maximum absolute atomic E-state index is 11.4. The van der Waals surface area contributed by atoms with Gasteiger partial charge in [0.1, 0.15) is 11.5 Å². The Hall–Kier alpha value is -2.80. The Kier molecular flexibility index (Phi) is 4.52. The van der Waals surface area contributed by atoms with Crippen LogP contribution in [0.2, 0.25) is 0 Å². The number of nitrogens with two attached hydrogens (primary N) is 1. The Morgan fingerprint density at radius 3 is 2.67 bits per heavy atom. The standard InChI is InChI=1S/C17H17N5OS/c1-11(2)22(15-9-12(16(18)23)6-8-20-15)17-21-14(10-24-17)13-5-3-4-7-19-13/h3-11H,1-2H3,(H2,18,23). The van der Waals surface area contributed by atoms with E-state index in [1.807, 2.05) is 42.3 Å². The zero-order valence-electron chi connectivity index (χ0n) is 13.4. The largest absolute Gasteiger partial charge is 0.366 e. The molecule has 0 fully saturated rings. The van der Waals surface area contributed by atoms with Gasteiger partial charge in [-0.15, -0.1) is 11.3 Å². The molecule has 0 aliphatic heterocycles. The Bertz CT molecular complexity index is 847. The van der Waals surface area contributed by atoms with Crippen LogP contribution < -0.4 is 10.6 Å². The van der Waals surface area contributed by atoms with Crippen LogP contribution in [0.15, 0.2) is 48.1 Å². The summed E-state index contributed by atoms with van der Waals surface area (Å²) in [6.07, 6.45) is 3.32. The van der Waals surface area contributed by atoms with Crippen LogP contribution in [0, 0.1) is 0 Å². The van der Waals surface area contributed by atoms with E-state index in [1.165, 1.54) is 11.3 Å². The summed E-state index contributed by atoms with van der Waals surface area (Å²) in [5.41, 5.74) is 7.43. The number of pyridine rings is 2. The highest BCUT2D eigenvalue weighted by atomic mass is 32.1. The van der Waals surface area contributed by atoms with Crippen molar-refractivity contribution >= 4 is 28.2 Å². The third-order valence-corrected chi connectivity index (χ3v) is 4.26. The van der Waals surface area contributed by atoms with E-state index in [-0.39, 0.29) is 6.04 Å². The Balaban J connectivity index is 1.99. The molecule has 3 aromatic rings. The molecule has 3 rings (SSSR count). The van der Waals surface area contributed by atoms with Crippen LogP contribution in [-0.4, -0.2) is 26.9 Å². The fourth-order valence-corrected chi connectivity index (χ4v) is 3.25.